The highest BCUT2D eigenvalue weighted by Gasteiger charge is 2.30. The molecule has 0 unspecified atom stereocenters. The minimum Gasteiger partial charge on any atom is -0.465 e. The summed E-state index contributed by atoms with van der Waals surface area (Å²) >= 11 is 0. The lowest BCUT2D eigenvalue weighted by Crippen LogP contribution is -2.53. The lowest BCUT2D eigenvalue weighted by atomic mass is 10.0. The number of carboxylic acid groups (broad SMARTS) is 1. The van der Waals surface area contributed by atoms with Crippen LogP contribution in [-0.4, -0.2) is 65.4 Å². The molecule has 39 heavy (non-hydrogen) atoms. The summed E-state index contributed by atoms with van der Waals surface area (Å²) in [4.78, 5) is 42.1. The second kappa shape index (κ2) is 11.3. The highest BCUT2D eigenvalue weighted by Crippen LogP contribution is 2.29. The van der Waals surface area contributed by atoms with E-state index in [0.717, 1.165) is 29.8 Å². The molecule has 1 aliphatic rings. The minimum absolute atomic E-state index is 0.0871. The number of rotatable bonds is 6. The molecule has 204 valence electrons. The Kier molecular flexibility index (Phi) is 8.06. The Labute approximate surface area is 224 Å². The number of anilines is 1. The molecule has 0 spiro atoms. The van der Waals surface area contributed by atoms with Crippen LogP contribution in [0.4, 0.5) is 23.7 Å². The fourth-order valence-corrected chi connectivity index (χ4v) is 4.60. The smallest absolute Gasteiger partial charge is 0.416 e. The van der Waals surface area contributed by atoms with E-state index < -0.39 is 23.6 Å². The molecular weight excluding hydrogens is 511 g/mol. The number of carbonyl (C=O) groups is 3. The molecule has 1 aliphatic heterocycles. The van der Waals surface area contributed by atoms with Gasteiger partial charge in [0.05, 0.1) is 5.56 Å². The number of hydrogen-bond donors (Lipinski definition) is 1. The van der Waals surface area contributed by atoms with Crippen molar-refractivity contribution < 1.29 is 32.7 Å². The van der Waals surface area contributed by atoms with Crippen molar-refractivity contribution in [3.05, 3.63) is 101 Å². The van der Waals surface area contributed by atoms with Crippen LogP contribution in [0.5, 0.6) is 0 Å². The molecule has 3 aromatic rings. The predicted molar refractivity (Wildman–Crippen MR) is 140 cm³/mol. The Balaban J connectivity index is 1.37. The van der Waals surface area contributed by atoms with Crippen molar-refractivity contribution in [1.82, 2.24) is 9.80 Å². The van der Waals surface area contributed by atoms with Gasteiger partial charge in [0.2, 0.25) is 0 Å². The molecule has 0 radical (unpaired) electrons. The van der Waals surface area contributed by atoms with Gasteiger partial charge in [-0.25, -0.2) is 4.79 Å². The normalized spacial score (nSPS) is 16.1. The number of nitrogens with zero attached hydrogens (tertiary/aromatic N) is 3. The number of halogens is 3. The molecule has 0 bridgehead atoms. The highest BCUT2D eigenvalue weighted by molar-refractivity contribution is 6.10. The molecule has 0 aromatic heterocycles. The summed E-state index contributed by atoms with van der Waals surface area (Å²) in [5.74, 6) is -0.722. The van der Waals surface area contributed by atoms with Crippen LogP contribution in [0, 0.1) is 0 Å². The predicted octanol–water partition coefficient (Wildman–Crippen LogP) is 5.40. The molecule has 1 heterocycles. The van der Waals surface area contributed by atoms with E-state index in [1.165, 1.54) is 34.1 Å². The molecule has 1 atom stereocenters. The first-order valence-electron chi connectivity index (χ1n) is 12.3. The Morgan fingerprint density at radius 3 is 1.92 bits per heavy atom. The quantitative estimate of drug-likeness (QED) is 0.425. The Hall–Kier alpha value is -4.18. The van der Waals surface area contributed by atoms with Crippen molar-refractivity contribution >= 4 is 23.5 Å². The van der Waals surface area contributed by atoms with Gasteiger partial charge in [-0.05, 0) is 48.9 Å². The summed E-state index contributed by atoms with van der Waals surface area (Å²) in [5.41, 5.74) is 1.63. The Bertz CT molecular complexity index is 1340. The number of benzene rings is 3. The lowest BCUT2D eigenvalue weighted by molar-refractivity contribution is -0.137. The van der Waals surface area contributed by atoms with E-state index in [-0.39, 0.29) is 23.1 Å². The molecule has 4 rings (SSSR count). The third kappa shape index (κ3) is 6.46. The molecule has 1 fully saturated rings. The van der Waals surface area contributed by atoms with Crippen molar-refractivity contribution in [3.8, 4) is 0 Å². The van der Waals surface area contributed by atoms with Crippen LogP contribution < -0.4 is 4.90 Å². The first kappa shape index (κ1) is 27.8. The van der Waals surface area contributed by atoms with E-state index in [0.29, 0.717) is 37.4 Å². The topological polar surface area (TPSA) is 81.2 Å². The number of ketones is 1. The van der Waals surface area contributed by atoms with Gasteiger partial charge in [-0.3, -0.25) is 14.5 Å². The summed E-state index contributed by atoms with van der Waals surface area (Å²) in [6.07, 6.45) is -5.38. The zero-order chi connectivity index (χ0) is 28.3. The SMILES string of the molecule is C[C@H]1CN(Cc2ccc(N(C)C(=O)c3ccc(C(=O)c4ccc(C(F)(F)F)cc4)cc3)cc2)CCN1C(=O)O. The number of hydrogen-bond acceptors (Lipinski definition) is 4. The van der Waals surface area contributed by atoms with Crippen molar-refractivity contribution in [3.63, 3.8) is 0 Å². The first-order chi connectivity index (χ1) is 18.4. The summed E-state index contributed by atoms with van der Waals surface area (Å²) in [7, 11) is 1.64. The number of carbonyl (C=O) groups excluding carboxylic acids is 2. The number of piperazine rings is 1. The molecule has 1 saturated heterocycles. The van der Waals surface area contributed by atoms with Crippen molar-refractivity contribution in [1.29, 1.82) is 0 Å². The van der Waals surface area contributed by atoms with E-state index >= 15 is 0 Å². The van der Waals surface area contributed by atoms with E-state index in [9.17, 15) is 32.7 Å². The first-order valence-corrected chi connectivity index (χ1v) is 12.3. The van der Waals surface area contributed by atoms with Gasteiger partial charge in [0.25, 0.3) is 5.91 Å². The average molecular weight is 540 g/mol. The second-order valence-corrected chi connectivity index (χ2v) is 9.57. The van der Waals surface area contributed by atoms with Crippen LogP contribution in [0.15, 0.2) is 72.8 Å². The van der Waals surface area contributed by atoms with Crippen LogP contribution in [0.3, 0.4) is 0 Å². The van der Waals surface area contributed by atoms with Gasteiger partial charge < -0.3 is 14.9 Å². The van der Waals surface area contributed by atoms with Gasteiger partial charge in [0.15, 0.2) is 5.78 Å². The fraction of sp³-hybridized carbons (Fsp3) is 0.276. The van der Waals surface area contributed by atoms with Crippen LogP contribution in [0.2, 0.25) is 0 Å². The van der Waals surface area contributed by atoms with Gasteiger partial charge in [-0.2, -0.15) is 13.2 Å². The van der Waals surface area contributed by atoms with Crippen molar-refractivity contribution in [2.24, 2.45) is 0 Å². The fourth-order valence-electron chi connectivity index (χ4n) is 4.60. The van der Waals surface area contributed by atoms with Crippen LogP contribution in [0.1, 0.15) is 44.3 Å². The number of amides is 2. The van der Waals surface area contributed by atoms with E-state index in [4.69, 9.17) is 0 Å². The van der Waals surface area contributed by atoms with E-state index in [2.05, 4.69) is 4.90 Å². The Morgan fingerprint density at radius 2 is 1.41 bits per heavy atom. The maximum absolute atomic E-state index is 13.0. The van der Waals surface area contributed by atoms with Crippen molar-refractivity contribution in [2.45, 2.75) is 25.7 Å². The van der Waals surface area contributed by atoms with Crippen LogP contribution in [0.25, 0.3) is 0 Å². The van der Waals surface area contributed by atoms with Crippen LogP contribution >= 0.6 is 0 Å². The molecule has 0 saturated carbocycles. The highest BCUT2D eigenvalue weighted by atomic mass is 19.4. The zero-order valence-electron chi connectivity index (χ0n) is 21.5. The van der Waals surface area contributed by atoms with E-state index in [1.54, 1.807) is 7.05 Å². The molecular formula is C29H28F3N3O4. The molecule has 0 aliphatic carbocycles. The average Bonchev–Trinajstić information content (AvgIpc) is 2.92. The summed E-state index contributed by atoms with van der Waals surface area (Å²) < 4.78 is 38.3. The molecule has 10 heteroatoms. The van der Waals surface area contributed by atoms with Gasteiger partial charge in [0.1, 0.15) is 0 Å². The Morgan fingerprint density at radius 1 is 0.872 bits per heavy atom. The van der Waals surface area contributed by atoms with E-state index in [1.807, 2.05) is 31.2 Å². The molecule has 7 nitrogen and oxygen atoms in total. The minimum atomic E-state index is -4.48. The lowest BCUT2D eigenvalue weighted by Gasteiger charge is -2.38. The summed E-state index contributed by atoms with van der Waals surface area (Å²) in [6.45, 7) is 4.31. The maximum atomic E-state index is 13.0. The third-order valence-electron chi connectivity index (χ3n) is 6.86. The van der Waals surface area contributed by atoms with Gasteiger partial charge in [0, 0.05) is 61.6 Å². The van der Waals surface area contributed by atoms with Crippen molar-refractivity contribution in [2.75, 3.05) is 31.6 Å². The monoisotopic (exact) mass is 539 g/mol. The summed E-state index contributed by atoms with van der Waals surface area (Å²) in [6, 6.07) is 17.5. The maximum Gasteiger partial charge on any atom is 0.416 e. The molecule has 3 aromatic carbocycles. The van der Waals surface area contributed by atoms with Gasteiger partial charge in [-0.15, -0.1) is 0 Å². The number of alkyl halides is 3. The van der Waals surface area contributed by atoms with Gasteiger partial charge in [-0.1, -0.05) is 36.4 Å². The standard InChI is InChI=1S/C29H28F3N3O4/c1-19-17-34(15-16-35(19)28(38)39)18-20-3-13-25(14-4-20)33(2)27(37)23-7-5-21(6-8-23)26(36)22-9-11-24(12-10-22)29(30,31)32/h3-14,19H,15-18H2,1-2H3,(H,38,39)/t19-/m0/s1. The largest absolute Gasteiger partial charge is 0.465 e. The second-order valence-electron chi connectivity index (χ2n) is 9.57. The summed E-state index contributed by atoms with van der Waals surface area (Å²) in [5, 5.41) is 9.24. The molecule has 1 N–H and O–H groups in total. The zero-order valence-corrected chi connectivity index (χ0v) is 21.5. The van der Waals surface area contributed by atoms with Gasteiger partial charge >= 0.3 is 12.3 Å². The third-order valence-corrected chi connectivity index (χ3v) is 6.86. The van der Waals surface area contributed by atoms with Crippen LogP contribution in [-0.2, 0) is 12.7 Å². The molecule has 2 amide bonds.